The van der Waals surface area contributed by atoms with Crippen molar-refractivity contribution in [2.45, 2.75) is 56.6 Å². The second-order valence-electron chi connectivity index (χ2n) is 6.02. The first kappa shape index (κ1) is 12.3. The third kappa shape index (κ3) is 3.39. The standard InChI is InChI=1S/C14H25NOS/c1-2-12(1)3-7-15-13-4-8-16-14(11-13)5-9-17-10-6-14/h12-13,15H,1-11H2. The molecule has 17 heavy (non-hydrogen) atoms. The molecule has 1 spiro atoms. The number of ether oxygens (including phenoxy) is 1. The van der Waals surface area contributed by atoms with Gasteiger partial charge in [-0.2, -0.15) is 11.8 Å². The van der Waals surface area contributed by atoms with Crippen LogP contribution in [-0.4, -0.2) is 36.3 Å². The molecule has 0 aromatic heterocycles. The molecule has 2 heterocycles. The average molecular weight is 255 g/mol. The maximum atomic E-state index is 6.12. The van der Waals surface area contributed by atoms with Gasteiger partial charge in [-0.3, -0.25) is 0 Å². The van der Waals surface area contributed by atoms with Gasteiger partial charge in [0.25, 0.3) is 0 Å². The van der Waals surface area contributed by atoms with Gasteiger partial charge in [-0.15, -0.1) is 0 Å². The lowest BCUT2D eigenvalue weighted by Crippen LogP contribution is -2.49. The highest BCUT2D eigenvalue weighted by atomic mass is 32.2. The molecular weight excluding hydrogens is 230 g/mol. The van der Waals surface area contributed by atoms with E-state index in [1.807, 2.05) is 0 Å². The topological polar surface area (TPSA) is 21.3 Å². The van der Waals surface area contributed by atoms with Gasteiger partial charge in [0.15, 0.2) is 0 Å². The van der Waals surface area contributed by atoms with E-state index in [9.17, 15) is 0 Å². The summed E-state index contributed by atoms with van der Waals surface area (Å²) in [5.74, 6) is 3.66. The molecular formula is C14H25NOS. The van der Waals surface area contributed by atoms with Gasteiger partial charge < -0.3 is 10.1 Å². The molecule has 3 aliphatic rings. The second kappa shape index (κ2) is 5.50. The van der Waals surface area contributed by atoms with Crippen LogP contribution in [0.1, 0.15) is 44.9 Å². The molecule has 1 atom stereocenters. The summed E-state index contributed by atoms with van der Waals surface area (Å²) in [7, 11) is 0. The van der Waals surface area contributed by atoms with Crippen LogP contribution in [0.25, 0.3) is 0 Å². The van der Waals surface area contributed by atoms with Gasteiger partial charge in [0.2, 0.25) is 0 Å². The summed E-state index contributed by atoms with van der Waals surface area (Å²) in [5.41, 5.74) is 0.251. The quantitative estimate of drug-likeness (QED) is 0.834. The Labute approximate surface area is 109 Å². The lowest BCUT2D eigenvalue weighted by atomic mass is 9.85. The van der Waals surface area contributed by atoms with Crippen molar-refractivity contribution in [1.82, 2.24) is 5.32 Å². The van der Waals surface area contributed by atoms with Crippen molar-refractivity contribution in [3.05, 3.63) is 0 Å². The van der Waals surface area contributed by atoms with Gasteiger partial charge in [-0.25, -0.2) is 0 Å². The molecule has 3 heteroatoms. The number of thioether (sulfide) groups is 1. The smallest absolute Gasteiger partial charge is 0.0713 e. The van der Waals surface area contributed by atoms with Gasteiger partial charge >= 0.3 is 0 Å². The normalized spacial score (nSPS) is 32.8. The Bertz CT molecular complexity index is 243. The minimum Gasteiger partial charge on any atom is -0.375 e. The van der Waals surface area contributed by atoms with Crippen LogP contribution >= 0.6 is 11.8 Å². The molecule has 1 aliphatic carbocycles. The van der Waals surface area contributed by atoms with Crippen molar-refractivity contribution in [1.29, 1.82) is 0 Å². The molecule has 0 radical (unpaired) electrons. The van der Waals surface area contributed by atoms with E-state index >= 15 is 0 Å². The highest BCUT2D eigenvalue weighted by molar-refractivity contribution is 7.99. The summed E-state index contributed by atoms with van der Waals surface area (Å²) >= 11 is 2.09. The zero-order valence-corrected chi connectivity index (χ0v) is 11.6. The summed E-state index contributed by atoms with van der Waals surface area (Å²) in [6.45, 7) is 2.21. The minimum absolute atomic E-state index is 0.251. The van der Waals surface area contributed by atoms with E-state index in [0.717, 1.165) is 18.6 Å². The Balaban J connectivity index is 1.44. The molecule has 2 aliphatic heterocycles. The van der Waals surface area contributed by atoms with E-state index < -0.39 is 0 Å². The third-order valence-corrected chi connectivity index (χ3v) is 5.57. The van der Waals surface area contributed by atoms with Gasteiger partial charge in [0.1, 0.15) is 0 Å². The highest BCUT2D eigenvalue weighted by Gasteiger charge is 2.38. The largest absolute Gasteiger partial charge is 0.375 e. The Hall–Kier alpha value is 0.270. The van der Waals surface area contributed by atoms with Gasteiger partial charge in [-0.05, 0) is 56.1 Å². The van der Waals surface area contributed by atoms with Crippen LogP contribution in [0.5, 0.6) is 0 Å². The molecule has 2 nitrogen and oxygen atoms in total. The second-order valence-corrected chi connectivity index (χ2v) is 7.24. The summed E-state index contributed by atoms with van der Waals surface area (Å²) < 4.78 is 6.12. The fourth-order valence-electron chi connectivity index (χ4n) is 3.19. The summed E-state index contributed by atoms with van der Waals surface area (Å²) in [6.07, 6.45) is 9.40. The van der Waals surface area contributed by atoms with Crippen molar-refractivity contribution in [3.8, 4) is 0 Å². The number of rotatable bonds is 4. The van der Waals surface area contributed by atoms with E-state index in [1.54, 1.807) is 0 Å². The number of hydrogen-bond acceptors (Lipinski definition) is 3. The van der Waals surface area contributed by atoms with Crippen LogP contribution < -0.4 is 5.32 Å². The van der Waals surface area contributed by atoms with Crippen LogP contribution in [0.2, 0.25) is 0 Å². The maximum Gasteiger partial charge on any atom is 0.0713 e. The van der Waals surface area contributed by atoms with Crippen molar-refractivity contribution >= 4 is 11.8 Å². The van der Waals surface area contributed by atoms with E-state index in [4.69, 9.17) is 4.74 Å². The predicted octanol–water partition coefficient (Wildman–Crippen LogP) is 2.82. The fourth-order valence-corrected chi connectivity index (χ4v) is 4.43. The van der Waals surface area contributed by atoms with E-state index in [-0.39, 0.29) is 5.60 Å². The van der Waals surface area contributed by atoms with Gasteiger partial charge in [0, 0.05) is 12.6 Å². The number of nitrogens with one attached hydrogen (secondary N) is 1. The molecule has 1 saturated carbocycles. The summed E-state index contributed by atoms with van der Waals surface area (Å²) in [6, 6.07) is 0.727. The molecule has 2 saturated heterocycles. The van der Waals surface area contributed by atoms with E-state index in [2.05, 4.69) is 17.1 Å². The molecule has 0 aromatic rings. The van der Waals surface area contributed by atoms with Crippen LogP contribution in [0.15, 0.2) is 0 Å². The highest BCUT2D eigenvalue weighted by Crippen LogP contribution is 2.37. The van der Waals surface area contributed by atoms with Crippen LogP contribution in [0.3, 0.4) is 0 Å². The molecule has 3 rings (SSSR count). The average Bonchev–Trinajstić information content (AvgIpc) is 3.14. The molecule has 1 N–H and O–H groups in total. The molecule has 0 bridgehead atoms. The Kier molecular flexibility index (Phi) is 3.98. The molecule has 3 fully saturated rings. The maximum absolute atomic E-state index is 6.12. The lowest BCUT2D eigenvalue weighted by molar-refractivity contribution is -0.0931. The summed E-state index contributed by atoms with van der Waals surface area (Å²) in [4.78, 5) is 0. The third-order valence-electron chi connectivity index (χ3n) is 4.58. The molecule has 98 valence electrons. The van der Waals surface area contributed by atoms with Gasteiger partial charge in [0.05, 0.1) is 5.60 Å². The van der Waals surface area contributed by atoms with Crippen LogP contribution in [0, 0.1) is 5.92 Å². The van der Waals surface area contributed by atoms with Crippen LogP contribution in [0.4, 0.5) is 0 Å². The zero-order valence-electron chi connectivity index (χ0n) is 10.7. The van der Waals surface area contributed by atoms with Crippen molar-refractivity contribution in [2.75, 3.05) is 24.7 Å². The Morgan fingerprint density at radius 3 is 2.76 bits per heavy atom. The van der Waals surface area contributed by atoms with Crippen molar-refractivity contribution in [2.24, 2.45) is 5.92 Å². The molecule has 0 aromatic carbocycles. The van der Waals surface area contributed by atoms with Crippen LogP contribution in [-0.2, 0) is 4.74 Å². The van der Waals surface area contributed by atoms with E-state index in [1.165, 1.54) is 63.0 Å². The predicted molar refractivity (Wildman–Crippen MR) is 73.6 cm³/mol. The molecule has 0 amide bonds. The SMILES string of the molecule is C(CC1CC1)NC1CCOC2(CCSCC2)C1. The fraction of sp³-hybridized carbons (Fsp3) is 1.00. The summed E-state index contributed by atoms with van der Waals surface area (Å²) in [5, 5.41) is 3.78. The molecule has 1 unspecified atom stereocenters. The Morgan fingerprint density at radius 2 is 2.00 bits per heavy atom. The lowest BCUT2D eigenvalue weighted by Gasteiger charge is -2.43. The first-order chi connectivity index (χ1) is 8.36. The zero-order chi connectivity index (χ0) is 11.6. The number of hydrogen-bond donors (Lipinski definition) is 1. The van der Waals surface area contributed by atoms with Crippen molar-refractivity contribution in [3.63, 3.8) is 0 Å². The first-order valence-corrected chi connectivity index (χ1v) is 8.47. The van der Waals surface area contributed by atoms with E-state index in [0.29, 0.717) is 0 Å². The minimum atomic E-state index is 0.251. The first-order valence-electron chi connectivity index (χ1n) is 7.31. The Morgan fingerprint density at radius 1 is 1.18 bits per heavy atom. The van der Waals surface area contributed by atoms with Crippen molar-refractivity contribution < 1.29 is 4.74 Å². The monoisotopic (exact) mass is 255 g/mol. The van der Waals surface area contributed by atoms with Gasteiger partial charge in [-0.1, -0.05) is 12.8 Å².